The van der Waals surface area contributed by atoms with E-state index in [1.165, 1.54) is 12.1 Å². The molecule has 0 spiro atoms. The predicted molar refractivity (Wildman–Crippen MR) is 53.4 cm³/mol. The number of rotatable bonds is 5. The van der Waals surface area contributed by atoms with Gasteiger partial charge < -0.3 is 4.74 Å². The Hall–Kier alpha value is -1.49. The van der Waals surface area contributed by atoms with Crippen LogP contribution in [0.1, 0.15) is 19.3 Å². The van der Waals surface area contributed by atoms with Crippen molar-refractivity contribution in [3.8, 4) is 18.1 Å². The van der Waals surface area contributed by atoms with Crippen molar-refractivity contribution in [2.75, 3.05) is 6.61 Å². The Bertz CT molecular complexity index is 314. The highest BCUT2D eigenvalue weighted by Gasteiger charge is 1.95. The molecule has 0 bridgehead atoms. The Morgan fingerprint density at radius 1 is 1.50 bits per heavy atom. The summed E-state index contributed by atoms with van der Waals surface area (Å²) >= 11 is 0. The van der Waals surface area contributed by atoms with Gasteiger partial charge in [-0.1, -0.05) is 0 Å². The molecule has 73 valence electrons. The number of ether oxygens (including phenoxy) is 1. The van der Waals surface area contributed by atoms with E-state index in [-0.39, 0.29) is 0 Å². The summed E-state index contributed by atoms with van der Waals surface area (Å²) in [6.45, 7) is 0.575. The van der Waals surface area contributed by atoms with Crippen LogP contribution in [0.25, 0.3) is 0 Å². The van der Waals surface area contributed by atoms with E-state index in [1.807, 2.05) is 0 Å². The van der Waals surface area contributed by atoms with E-state index in [1.54, 1.807) is 6.07 Å². The maximum Gasteiger partial charge on any atom is 0.134 e. The second kappa shape index (κ2) is 6.04. The summed E-state index contributed by atoms with van der Waals surface area (Å²) in [5, 5.41) is 0. The first kappa shape index (κ1) is 10.6. The van der Waals surface area contributed by atoms with Crippen LogP contribution in [-0.2, 0) is 0 Å². The normalized spacial score (nSPS) is 9.43. The zero-order chi connectivity index (χ0) is 10.2. The van der Waals surface area contributed by atoms with Gasteiger partial charge in [-0.15, -0.1) is 12.3 Å². The largest absolute Gasteiger partial charge is 0.493 e. The summed E-state index contributed by atoms with van der Waals surface area (Å²) in [7, 11) is 0. The van der Waals surface area contributed by atoms with Gasteiger partial charge in [0.1, 0.15) is 11.6 Å². The summed E-state index contributed by atoms with van der Waals surface area (Å²) in [5.41, 5.74) is 0. The van der Waals surface area contributed by atoms with Gasteiger partial charge in [-0.05, 0) is 25.0 Å². The van der Waals surface area contributed by atoms with Crippen LogP contribution in [0.5, 0.6) is 5.75 Å². The molecule has 0 heterocycles. The minimum absolute atomic E-state index is 0.397. The zero-order valence-electron chi connectivity index (χ0n) is 7.92. The second-order valence-corrected chi connectivity index (χ2v) is 2.88. The lowest BCUT2D eigenvalue weighted by atomic mass is 10.2. The number of terminal acetylenes is 1. The van der Waals surface area contributed by atoms with E-state index < -0.39 is 5.82 Å². The van der Waals surface area contributed by atoms with Crippen molar-refractivity contribution in [1.29, 1.82) is 0 Å². The van der Waals surface area contributed by atoms with Crippen LogP contribution in [0.2, 0.25) is 0 Å². The van der Waals surface area contributed by atoms with E-state index in [9.17, 15) is 4.39 Å². The minimum Gasteiger partial charge on any atom is -0.493 e. The highest BCUT2D eigenvalue weighted by atomic mass is 19.1. The van der Waals surface area contributed by atoms with E-state index in [0.29, 0.717) is 12.4 Å². The standard InChI is InChI=1S/C12H12FO/c1-2-3-4-5-9-14-12-8-6-7-11(13)10-12/h1,6,8,10H,3-5,9H2. The average Bonchev–Trinajstić information content (AvgIpc) is 2.18. The molecule has 1 rings (SSSR count). The Morgan fingerprint density at radius 3 is 3.07 bits per heavy atom. The van der Waals surface area contributed by atoms with Crippen LogP contribution in [0.3, 0.4) is 0 Å². The molecule has 0 atom stereocenters. The minimum atomic E-state index is -0.397. The van der Waals surface area contributed by atoms with Crippen LogP contribution < -0.4 is 4.74 Å². The summed E-state index contributed by atoms with van der Waals surface area (Å²) in [6.07, 6.45) is 7.70. The first-order valence-corrected chi connectivity index (χ1v) is 4.56. The molecular weight excluding hydrogens is 179 g/mol. The van der Waals surface area contributed by atoms with E-state index in [2.05, 4.69) is 12.0 Å². The third-order valence-corrected chi connectivity index (χ3v) is 1.72. The van der Waals surface area contributed by atoms with Crippen molar-refractivity contribution < 1.29 is 9.13 Å². The number of benzene rings is 1. The quantitative estimate of drug-likeness (QED) is 0.513. The molecule has 0 aliphatic heterocycles. The van der Waals surface area contributed by atoms with E-state index in [0.717, 1.165) is 19.3 Å². The van der Waals surface area contributed by atoms with Crippen molar-refractivity contribution in [3.63, 3.8) is 0 Å². The molecular formula is C12H12FO. The fourth-order valence-corrected chi connectivity index (χ4v) is 1.03. The maximum atomic E-state index is 12.6. The molecule has 0 aromatic heterocycles. The highest BCUT2D eigenvalue weighted by molar-refractivity contribution is 5.21. The lowest BCUT2D eigenvalue weighted by Crippen LogP contribution is -1.97. The second-order valence-electron chi connectivity index (χ2n) is 2.88. The smallest absolute Gasteiger partial charge is 0.134 e. The lowest BCUT2D eigenvalue weighted by molar-refractivity contribution is 0.306. The predicted octanol–water partition coefficient (Wildman–Crippen LogP) is 2.81. The lowest BCUT2D eigenvalue weighted by Gasteiger charge is -2.04. The molecule has 0 N–H and O–H groups in total. The van der Waals surface area contributed by atoms with Crippen molar-refractivity contribution in [2.24, 2.45) is 0 Å². The summed E-state index contributed by atoms with van der Waals surface area (Å²) in [4.78, 5) is 0. The van der Waals surface area contributed by atoms with Gasteiger partial charge in [0, 0.05) is 18.6 Å². The monoisotopic (exact) mass is 191 g/mol. The van der Waals surface area contributed by atoms with Crippen LogP contribution in [0, 0.1) is 24.2 Å². The Labute approximate surface area is 83.9 Å². The number of hydrogen-bond donors (Lipinski definition) is 0. The first-order chi connectivity index (χ1) is 6.83. The molecule has 0 saturated carbocycles. The van der Waals surface area contributed by atoms with Crippen molar-refractivity contribution in [1.82, 2.24) is 0 Å². The Morgan fingerprint density at radius 2 is 2.36 bits per heavy atom. The van der Waals surface area contributed by atoms with Gasteiger partial charge >= 0.3 is 0 Å². The van der Waals surface area contributed by atoms with Crippen molar-refractivity contribution >= 4 is 0 Å². The zero-order valence-corrected chi connectivity index (χ0v) is 7.92. The first-order valence-electron chi connectivity index (χ1n) is 4.56. The van der Waals surface area contributed by atoms with Crippen molar-refractivity contribution in [3.05, 3.63) is 30.1 Å². The van der Waals surface area contributed by atoms with Gasteiger partial charge in [-0.2, -0.15) is 0 Å². The third kappa shape index (κ3) is 3.95. The number of halogens is 1. The molecule has 2 heteroatoms. The van der Waals surface area contributed by atoms with Gasteiger partial charge in [0.25, 0.3) is 0 Å². The Balaban J connectivity index is 2.22. The van der Waals surface area contributed by atoms with Gasteiger partial charge in [-0.25, -0.2) is 4.39 Å². The highest BCUT2D eigenvalue weighted by Crippen LogP contribution is 2.11. The molecule has 0 unspecified atom stereocenters. The van der Waals surface area contributed by atoms with Gasteiger partial charge in [0.15, 0.2) is 0 Å². The molecule has 1 nitrogen and oxygen atoms in total. The maximum absolute atomic E-state index is 12.6. The molecule has 0 amide bonds. The van der Waals surface area contributed by atoms with E-state index in [4.69, 9.17) is 11.2 Å². The van der Waals surface area contributed by atoms with Crippen LogP contribution >= 0.6 is 0 Å². The molecule has 0 saturated heterocycles. The third-order valence-electron chi connectivity index (χ3n) is 1.72. The number of unbranched alkanes of at least 4 members (excludes halogenated alkanes) is 2. The topological polar surface area (TPSA) is 9.23 Å². The molecule has 14 heavy (non-hydrogen) atoms. The fourth-order valence-electron chi connectivity index (χ4n) is 1.03. The van der Waals surface area contributed by atoms with Crippen LogP contribution in [0.15, 0.2) is 18.2 Å². The molecule has 0 aliphatic carbocycles. The Kier molecular flexibility index (Phi) is 4.57. The van der Waals surface area contributed by atoms with Gasteiger partial charge in [0.2, 0.25) is 0 Å². The molecule has 1 aromatic rings. The summed E-state index contributed by atoms with van der Waals surface area (Å²) < 4.78 is 17.9. The molecule has 0 fully saturated rings. The van der Waals surface area contributed by atoms with Crippen LogP contribution in [0.4, 0.5) is 4.39 Å². The van der Waals surface area contributed by atoms with Gasteiger partial charge in [-0.3, -0.25) is 0 Å². The summed E-state index contributed by atoms with van der Waals surface area (Å²) in [5.74, 6) is 2.70. The van der Waals surface area contributed by atoms with Crippen molar-refractivity contribution in [2.45, 2.75) is 19.3 Å². The molecule has 1 aromatic carbocycles. The SMILES string of the molecule is C#CCCCCOc1cc[c]c(F)c1. The molecule has 0 aliphatic rings. The summed E-state index contributed by atoms with van der Waals surface area (Å²) in [6, 6.07) is 6.92. The van der Waals surface area contributed by atoms with E-state index >= 15 is 0 Å². The average molecular weight is 191 g/mol. The van der Waals surface area contributed by atoms with Crippen LogP contribution in [-0.4, -0.2) is 6.61 Å². The molecule has 1 radical (unpaired) electrons. The number of hydrogen-bond acceptors (Lipinski definition) is 1. The van der Waals surface area contributed by atoms with Gasteiger partial charge in [0.05, 0.1) is 6.61 Å². The fraction of sp³-hybridized carbons (Fsp3) is 0.333.